The van der Waals surface area contributed by atoms with Gasteiger partial charge in [-0.05, 0) is 31.0 Å². The van der Waals surface area contributed by atoms with E-state index in [1.807, 2.05) is 0 Å². The molecule has 1 aliphatic heterocycles. The monoisotopic (exact) mass is 246 g/mol. The molecule has 3 rings (SSSR count). The number of fused-ring (bicyclic) bond motifs is 1. The average Bonchev–Trinajstić information content (AvgIpc) is 2.78. The molecule has 5 heteroatoms. The van der Waals surface area contributed by atoms with E-state index in [4.69, 9.17) is 4.74 Å². The minimum absolute atomic E-state index is 0.0538. The van der Waals surface area contributed by atoms with Crippen LogP contribution in [0.2, 0.25) is 0 Å². The number of nitrogens with one attached hydrogen (secondary N) is 2. The van der Waals surface area contributed by atoms with Crippen LogP contribution < -0.4 is 5.69 Å². The summed E-state index contributed by atoms with van der Waals surface area (Å²) < 4.78 is 5.33. The Labute approximate surface area is 103 Å². The molecule has 18 heavy (non-hydrogen) atoms. The number of H-pyrrole nitrogens is 2. The highest BCUT2D eigenvalue weighted by Gasteiger charge is 2.23. The van der Waals surface area contributed by atoms with Crippen LogP contribution in [0.4, 0.5) is 0 Å². The number of hydrogen-bond acceptors (Lipinski definition) is 3. The molecule has 0 aliphatic carbocycles. The van der Waals surface area contributed by atoms with Gasteiger partial charge in [0.2, 0.25) is 0 Å². The number of ether oxygens (including phenoxy) is 1. The van der Waals surface area contributed by atoms with Crippen molar-refractivity contribution >= 4 is 16.8 Å². The Morgan fingerprint density at radius 1 is 1.28 bits per heavy atom. The minimum Gasteiger partial charge on any atom is -0.381 e. The number of rotatable bonds is 2. The quantitative estimate of drug-likeness (QED) is 0.788. The van der Waals surface area contributed by atoms with Crippen molar-refractivity contribution in [1.29, 1.82) is 0 Å². The second kappa shape index (κ2) is 4.42. The van der Waals surface area contributed by atoms with Crippen LogP contribution in [-0.4, -0.2) is 29.0 Å². The van der Waals surface area contributed by atoms with E-state index < -0.39 is 0 Å². The number of carbonyl (C=O) groups excluding carboxylic acids is 1. The molecule has 0 radical (unpaired) electrons. The van der Waals surface area contributed by atoms with Gasteiger partial charge in [0.1, 0.15) is 0 Å². The summed E-state index contributed by atoms with van der Waals surface area (Å²) in [6.45, 7) is 1.24. The number of carbonyl (C=O) groups is 1. The van der Waals surface area contributed by atoms with Crippen molar-refractivity contribution in [2.75, 3.05) is 13.2 Å². The van der Waals surface area contributed by atoms with Crippen molar-refractivity contribution in [2.45, 2.75) is 12.8 Å². The van der Waals surface area contributed by atoms with Crippen LogP contribution in [0.5, 0.6) is 0 Å². The van der Waals surface area contributed by atoms with Crippen molar-refractivity contribution in [3.05, 3.63) is 34.2 Å². The normalized spacial score (nSPS) is 20.1. The molecule has 0 spiro atoms. The van der Waals surface area contributed by atoms with E-state index >= 15 is 0 Å². The molecular weight excluding hydrogens is 232 g/mol. The van der Waals surface area contributed by atoms with Gasteiger partial charge in [0.15, 0.2) is 5.78 Å². The van der Waals surface area contributed by atoms with Gasteiger partial charge >= 0.3 is 5.69 Å². The summed E-state index contributed by atoms with van der Waals surface area (Å²) in [7, 11) is 0. The van der Waals surface area contributed by atoms with E-state index in [1.165, 1.54) is 0 Å². The first kappa shape index (κ1) is 11.2. The Kier molecular flexibility index (Phi) is 2.76. The van der Waals surface area contributed by atoms with Gasteiger partial charge in [-0.2, -0.15) is 0 Å². The number of imidazole rings is 1. The van der Waals surface area contributed by atoms with Crippen molar-refractivity contribution in [3.8, 4) is 0 Å². The summed E-state index contributed by atoms with van der Waals surface area (Å²) in [6, 6.07) is 5.23. The fourth-order valence-corrected chi connectivity index (χ4v) is 2.37. The maximum atomic E-state index is 12.3. The maximum Gasteiger partial charge on any atom is 0.323 e. The van der Waals surface area contributed by atoms with Gasteiger partial charge < -0.3 is 14.7 Å². The summed E-state index contributed by atoms with van der Waals surface area (Å²) in [4.78, 5) is 28.7. The van der Waals surface area contributed by atoms with Crippen LogP contribution >= 0.6 is 0 Å². The lowest BCUT2D eigenvalue weighted by molar-refractivity contribution is 0.0461. The van der Waals surface area contributed by atoms with Crippen LogP contribution in [0.1, 0.15) is 23.2 Å². The molecule has 2 N–H and O–H groups in total. The fourth-order valence-electron chi connectivity index (χ4n) is 2.37. The van der Waals surface area contributed by atoms with Gasteiger partial charge in [0, 0.05) is 18.1 Å². The lowest BCUT2D eigenvalue weighted by Crippen LogP contribution is -2.25. The average molecular weight is 246 g/mol. The third kappa shape index (κ3) is 1.97. The Balaban J connectivity index is 1.92. The minimum atomic E-state index is -0.254. The lowest BCUT2D eigenvalue weighted by atomic mass is 9.92. The predicted octanol–water partition coefficient (Wildman–Crippen LogP) is 1.47. The number of benzene rings is 1. The molecule has 2 heterocycles. The zero-order valence-corrected chi connectivity index (χ0v) is 9.86. The van der Waals surface area contributed by atoms with E-state index in [2.05, 4.69) is 9.97 Å². The molecule has 1 saturated heterocycles. The molecule has 94 valence electrons. The first-order valence-electron chi connectivity index (χ1n) is 6.08. The van der Waals surface area contributed by atoms with Crippen molar-refractivity contribution in [2.24, 2.45) is 5.92 Å². The zero-order chi connectivity index (χ0) is 12.5. The summed E-state index contributed by atoms with van der Waals surface area (Å²) >= 11 is 0. The molecule has 1 aliphatic rings. The second-order valence-electron chi connectivity index (χ2n) is 4.62. The molecule has 5 nitrogen and oxygen atoms in total. The smallest absolute Gasteiger partial charge is 0.323 e. The second-order valence-corrected chi connectivity index (χ2v) is 4.62. The first-order chi connectivity index (χ1) is 8.74. The summed E-state index contributed by atoms with van der Waals surface area (Å²) in [5.74, 6) is 0.0421. The predicted molar refractivity (Wildman–Crippen MR) is 66.8 cm³/mol. The van der Waals surface area contributed by atoms with Crippen LogP contribution in [0.3, 0.4) is 0 Å². The Hall–Kier alpha value is -1.88. The van der Waals surface area contributed by atoms with Crippen LogP contribution in [0.15, 0.2) is 23.0 Å². The number of aromatic amines is 2. The number of Topliss-reactive ketones (excluding diaryl/α,β-unsaturated/α-hetero) is 1. The van der Waals surface area contributed by atoms with E-state index in [0.29, 0.717) is 17.7 Å². The number of ketones is 1. The van der Waals surface area contributed by atoms with Gasteiger partial charge in [0.25, 0.3) is 0 Å². The molecule has 0 bridgehead atoms. The van der Waals surface area contributed by atoms with Gasteiger partial charge in [-0.3, -0.25) is 4.79 Å². The van der Waals surface area contributed by atoms with Gasteiger partial charge in [-0.15, -0.1) is 0 Å². The van der Waals surface area contributed by atoms with Crippen LogP contribution in [0.25, 0.3) is 11.0 Å². The molecule has 0 saturated carbocycles. The van der Waals surface area contributed by atoms with Crippen molar-refractivity contribution in [1.82, 2.24) is 9.97 Å². The molecule has 2 aromatic rings. The summed E-state index contributed by atoms with van der Waals surface area (Å²) in [5, 5.41) is 0. The SMILES string of the molecule is O=C(c1ccc2[nH]c(=O)[nH]c2c1)C1CCCOC1. The van der Waals surface area contributed by atoms with Gasteiger partial charge in [-0.25, -0.2) is 4.79 Å². The van der Waals surface area contributed by atoms with E-state index in [9.17, 15) is 9.59 Å². The lowest BCUT2D eigenvalue weighted by Gasteiger charge is -2.20. The molecule has 1 atom stereocenters. The van der Waals surface area contributed by atoms with Crippen LogP contribution in [0, 0.1) is 5.92 Å². The third-order valence-corrected chi connectivity index (χ3v) is 3.33. The van der Waals surface area contributed by atoms with E-state index in [-0.39, 0.29) is 17.4 Å². The molecule has 1 fully saturated rings. The number of hydrogen-bond donors (Lipinski definition) is 2. The zero-order valence-electron chi connectivity index (χ0n) is 9.86. The van der Waals surface area contributed by atoms with Crippen LogP contribution in [-0.2, 0) is 4.74 Å². The van der Waals surface area contributed by atoms with Gasteiger partial charge in [-0.1, -0.05) is 0 Å². The highest BCUT2D eigenvalue weighted by molar-refractivity contribution is 6.00. The van der Waals surface area contributed by atoms with Crippen molar-refractivity contribution < 1.29 is 9.53 Å². The highest BCUT2D eigenvalue weighted by Crippen LogP contribution is 2.20. The van der Waals surface area contributed by atoms with Crippen molar-refractivity contribution in [3.63, 3.8) is 0 Å². The molecule has 1 unspecified atom stereocenters. The molecular formula is C13H14N2O3. The third-order valence-electron chi connectivity index (χ3n) is 3.33. The first-order valence-corrected chi connectivity index (χ1v) is 6.08. The Bertz CT molecular complexity index is 635. The highest BCUT2D eigenvalue weighted by atomic mass is 16.5. The Morgan fingerprint density at radius 2 is 2.11 bits per heavy atom. The summed E-state index contributed by atoms with van der Waals surface area (Å²) in [6.07, 6.45) is 1.81. The topological polar surface area (TPSA) is 75.0 Å². The van der Waals surface area contributed by atoms with E-state index in [0.717, 1.165) is 25.0 Å². The summed E-state index contributed by atoms with van der Waals surface area (Å²) in [5.41, 5.74) is 1.77. The molecule has 1 aromatic heterocycles. The van der Waals surface area contributed by atoms with E-state index in [1.54, 1.807) is 18.2 Å². The largest absolute Gasteiger partial charge is 0.381 e. The van der Waals surface area contributed by atoms with Gasteiger partial charge in [0.05, 0.1) is 17.6 Å². The Morgan fingerprint density at radius 3 is 2.89 bits per heavy atom. The maximum absolute atomic E-state index is 12.3. The molecule has 0 amide bonds. The fraction of sp³-hybridized carbons (Fsp3) is 0.385. The standard InChI is InChI=1S/C13H14N2O3/c16-12(9-2-1-5-18-7-9)8-3-4-10-11(6-8)15-13(17)14-10/h3-4,6,9H,1-2,5,7H2,(H2,14,15,17). The number of aromatic nitrogens is 2. The molecule has 1 aromatic carbocycles.